The minimum atomic E-state index is 1.11. The maximum Gasteiger partial charge on any atom is 0.133 e. The molecule has 60 valence electrons. The second-order valence-electron chi connectivity index (χ2n) is 2.53. The molecule has 4 heteroatoms. The lowest BCUT2D eigenvalue weighted by Gasteiger charge is -2.02. The van der Waals surface area contributed by atoms with Crippen LogP contribution in [0.15, 0.2) is 26.8 Å². The highest BCUT2D eigenvalue weighted by Crippen LogP contribution is 2.39. The number of rotatable bonds is 0. The minimum Gasteiger partial charge on any atom is -0.200 e. The number of fused-ring (bicyclic) bond motifs is 2. The topological polar surface area (TPSA) is 12.4 Å². The van der Waals surface area contributed by atoms with Crippen LogP contribution in [0, 0.1) is 0 Å². The first-order chi connectivity index (χ1) is 5.95. The van der Waals surface area contributed by atoms with Crippen molar-refractivity contribution in [3.63, 3.8) is 0 Å². The Labute approximate surface area is 82.4 Å². The van der Waals surface area contributed by atoms with Crippen LogP contribution in [0.1, 0.15) is 0 Å². The van der Waals surface area contributed by atoms with Crippen molar-refractivity contribution in [3.8, 4) is 0 Å². The quantitative estimate of drug-likeness (QED) is 0.606. The highest BCUT2D eigenvalue weighted by Gasteiger charge is 2.17. The van der Waals surface area contributed by atoms with Crippen molar-refractivity contribution >= 4 is 40.0 Å². The van der Waals surface area contributed by atoms with E-state index in [4.69, 9.17) is 0 Å². The third-order valence-electron chi connectivity index (χ3n) is 1.84. The van der Waals surface area contributed by atoms with Crippen molar-refractivity contribution in [1.82, 2.24) is 0 Å². The van der Waals surface area contributed by atoms with E-state index in [-0.39, 0.29) is 0 Å². The third-order valence-corrected chi connectivity index (χ3v) is 4.79. The molecule has 2 aliphatic heterocycles. The molecular weight excluding hydrogens is 206 g/mol. The zero-order chi connectivity index (χ0) is 7.97. The SMILES string of the molecule is C1=C2SN=c3sccc3=C2SC1. The van der Waals surface area contributed by atoms with E-state index >= 15 is 0 Å². The fraction of sp³-hybridized carbons (Fsp3) is 0.125. The Morgan fingerprint density at radius 3 is 3.42 bits per heavy atom. The summed E-state index contributed by atoms with van der Waals surface area (Å²) in [5.41, 5.74) is 0. The predicted molar refractivity (Wildman–Crippen MR) is 56.6 cm³/mol. The molecule has 0 saturated heterocycles. The van der Waals surface area contributed by atoms with Crippen molar-refractivity contribution in [1.29, 1.82) is 0 Å². The Bertz CT molecular complexity index is 469. The predicted octanol–water partition coefficient (Wildman–Crippen LogP) is 1.77. The van der Waals surface area contributed by atoms with Crippen LogP contribution >= 0.6 is 35.0 Å². The molecule has 1 nitrogen and oxygen atoms in total. The molecular formula is C8H5NS3. The van der Waals surface area contributed by atoms with E-state index in [1.54, 1.807) is 23.3 Å². The Kier molecular flexibility index (Phi) is 1.60. The maximum atomic E-state index is 4.43. The summed E-state index contributed by atoms with van der Waals surface area (Å²) >= 11 is 5.27. The third kappa shape index (κ3) is 0.917. The van der Waals surface area contributed by atoms with Crippen LogP contribution in [0.2, 0.25) is 0 Å². The average Bonchev–Trinajstić information content (AvgIpc) is 2.71. The fourth-order valence-corrected chi connectivity index (χ4v) is 4.25. The molecule has 0 aromatic carbocycles. The molecule has 3 rings (SSSR count). The van der Waals surface area contributed by atoms with Gasteiger partial charge < -0.3 is 0 Å². The maximum absolute atomic E-state index is 4.43. The smallest absolute Gasteiger partial charge is 0.133 e. The second kappa shape index (κ2) is 2.65. The van der Waals surface area contributed by atoms with E-state index in [2.05, 4.69) is 21.9 Å². The monoisotopic (exact) mass is 211 g/mol. The zero-order valence-corrected chi connectivity index (χ0v) is 8.56. The van der Waals surface area contributed by atoms with Crippen LogP contribution in [-0.4, -0.2) is 5.75 Å². The van der Waals surface area contributed by atoms with Crippen LogP contribution in [-0.2, 0) is 0 Å². The number of hydrogen-bond donors (Lipinski definition) is 0. The zero-order valence-electron chi connectivity index (χ0n) is 6.11. The normalized spacial score (nSPS) is 19.7. The van der Waals surface area contributed by atoms with E-state index in [9.17, 15) is 0 Å². The van der Waals surface area contributed by atoms with Gasteiger partial charge in [0.15, 0.2) is 0 Å². The highest BCUT2D eigenvalue weighted by atomic mass is 32.2. The van der Waals surface area contributed by atoms with Gasteiger partial charge in [-0.05, 0) is 11.4 Å². The molecule has 0 N–H and O–H groups in total. The number of nitrogens with zero attached hydrogens (tertiary/aromatic N) is 1. The summed E-state index contributed by atoms with van der Waals surface area (Å²) in [4.78, 5) is 2.79. The summed E-state index contributed by atoms with van der Waals surface area (Å²) < 4.78 is 5.61. The number of thioether (sulfide) groups is 1. The number of hydrogen-bond acceptors (Lipinski definition) is 4. The molecule has 12 heavy (non-hydrogen) atoms. The molecule has 0 fully saturated rings. The molecule has 0 bridgehead atoms. The molecule has 0 amide bonds. The van der Waals surface area contributed by atoms with Crippen molar-refractivity contribution in [2.45, 2.75) is 0 Å². The van der Waals surface area contributed by atoms with Crippen molar-refractivity contribution in [3.05, 3.63) is 32.3 Å². The lowest BCUT2D eigenvalue weighted by Crippen LogP contribution is -2.22. The van der Waals surface area contributed by atoms with Gasteiger partial charge in [-0.3, -0.25) is 0 Å². The highest BCUT2D eigenvalue weighted by molar-refractivity contribution is 8.12. The first kappa shape index (κ1) is 7.24. The van der Waals surface area contributed by atoms with Gasteiger partial charge in [0.1, 0.15) is 4.67 Å². The summed E-state index contributed by atoms with van der Waals surface area (Å²) in [7, 11) is 0. The van der Waals surface area contributed by atoms with Gasteiger partial charge in [-0.1, -0.05) is 6.08 Å². The van der Waals surface area contributed by atoms with E-state index in [0.717, 1.165) is 5.75 Å². The van der Waals surface area contributed by atoms with Crippen molar-refractivity contribution in [2.75, 3.05) is 5.75 Å². The molecule has 0 aliphatic carbocycles. The lowest BCUT2D eigenvalue weighted by molar-refractivity contribution is 1.53. The van der Waals surface area contributed by atoms with Crippen molar-refractivity contribution in [2.24, 2.45) is 4.40 Å². The summed E-state index contributed by atoms with van der Waals surface area (Å²) in [6, 6.07) is 2.17. The van der Waals surface area contributed by atoms with Crippen LogP contribution in [0.25, 0.3) is 4.91 Å². The largest absolute Gasteiger partial charge is 0.200 e. The molecule has 0 radical (unpaired) electrons. The molecule has 0 spiro atoms. The van der Waals surface area contributed by atoms with Crippen LogP contribution in [0.3, 0.4) is 0 Å². The summed E-state index contributed by atoms with van der Waals surface area (Å²) in [5, 5.41) is 3.45. The van der Waals surface area contributed by atoms with Gasteiger partial charge in [-0.2, -0.15) is 4.40 Å². The summed E-state index contributed by atoms with van der Waals surface area (Å²) in [6.07, 6.45) is 2.26. The molecule has 0 unspecified atom stereocenters. The average molecular weight is 211 g/mol. The van der Waals surface area contributed by atoms with Crippen LogP contribution in [0.5, 0.6) is 0 Å². The molecule has 0 saturated carbocycles. The van der Waals surface area contributed by atoms with E-state index in [1.165, 1.54) is 19.7 Å². The first-order valence-electron chi connectivity index (χ1n) is 3.61. The van der Waals surface area contributed by atoms with Gasteiger partial charge in [0.25, 0.3) is 0 Å². The Hall–Kier alpha value is -0.190. The van der Waals surface area contributed by atoms with Gasteiger partial charge in [0, 0.05) is 32.7 Å². The van der Waals surface area contributed by atoms with Crippen LogP contribution < -0.4 is 9.89 Å². The minimum absolute atomic E-state index is 1.11. The van der Waals surface area contributed by atoms with Gasteiger partial charge in [-0.25, -0.2) is 0 Å². The van der Waals surface area contributed by atoms with Gasteiger partial charge >= 0.3 is 0 Å². The van der Waals surface area contributed by atoms with E-state index < -0.39 is 0 Å². The molecule has 1 aromatic heterocycles. The molecule has 3 heterocycles. The fourth-order valence-electron chi connectivity index (χ4n) is 1.29. The van der Waals surface area contributed by atoms with Gasteiger partial charge in [-0.15, -0.1) is 23.1 Å². The van der Waals surface area contributed by atoms with Crippen LogP contribution in [0.4, 0.5) is 0 Å². The summed E-state index contributed by atoms with van der Waals surface area (Å²) in [5.74, 6) is 1.11. The Morgan fingerprint density at radius 1 is 1.42 bits per heavy atom. The van der Waals surface area contributed by atoms with Crippen molar-refractivity contribution < 1.29 is 0 Å². The van der Waals surface area contributed by atoms with Gasteiger partial charge in [0.2, 0.25) is 0 Å². The first-order valence-corrected chi connectivity index (χ1v) is 6.25. The second-order valence-corrected chi connectivity index (χ2v) is 5.26. The number of thiophene rings is 1. The van der Waals surface area contributed by atoms with E-state index in [1.807, 2.05) is 11.8 Å². The standard InChI is InChI=1S/C8H5NS3/c1-3-11-8-5(1)7-6(12-9-8)2-4-10-7/h1-3H,4H2. The Morgan fingerprint density at radius 2 is 2.42 bits per heavy atom. The molecule has 2 aliphatic rings. The summed E-state index contributed by atoms with van der Waals surface area (Å²) in [6.45, 7) is 0. The lowest BCUT2D eigenvalue weighted by atomic mass is 10.4. The molecule has 0 atom stereocenters. The molecule has 1 aromatic rings. The van der Waals surface area contributed by atoms with E-state index in [0.29, 0.717) is 0 Å². The Balaban J connectivity index is 2.48. The van der Waals surface area contributed by atoms with Gasteiger partial charge in [0.05, 0.1) is 0 Å².